The molecule has 4 heteroatoms. The maximum atomic E-state index is 11.7. The molecule has 0 aliphatic heterocycles. The zero-order chi connectivity index (χ0) is 12.1. The lowest BCUT2D eigenvalue weighted by Gasteiger charge is -2.29. The van der Waals surface area contributed by atoms with Crippen LogP contribution in [0.5, 0.6) is 0 Å². The average molecular weight is 236 g/mol. The minimum atomic E-state index is 0.0729. The molecule has 1 aromatic rings. The van der Waals surface area contributed by atoms with Gasteiger partial charge in [0.15, 0.2) is 0 Å². The van der Waals surface area contributed by atoms with Crippen molar-refractivity contribution in [2.24, 2.45) is 5.73 Å². The van der Waals surface area contributed by atoms with Gasteiger partial charge in [-0.15, -0.1) is 0 Å². The lowest BCUT2D eigenvalue weighted by atomic mass is 9.91. The van der Waals surface area contributed by atoms with Crippen molar-refractivity contribution in [2.45, 2.75) is 50.6 Å². The Kier molecular flexibility index (Phi) is 4.20. The number of rotatable bonds is 4. The molecule has 0 saturated heterocycles. The molecule has 0 bridgehead atoms. The van der Waals surface area contributed by atoms with Crippen molar-refractivity contribution < 1.29 is 9.21 Å². The van der Waals surface area contributed by atoms with Crippen LogP contribution in [0.4, 0.5) is 0 Å². The SMILES string of the molecule is NC1CCCCC1NC(=O)CCc1ccco1. The summed E-state index contributed by atoms with van der Waals surface area (Å²) >= 11 is 0. The molecule has 2 rings (SSSR count). The summed E-state index contributed by atoms with van der Waals surface area (Å²) in [7, 11) is 0. The molecule has 17 heavy (non-hydrogen) atoms. The minimum Gasteiger partial charge on any atom is -0.469 e. The van der Waals surface area contributed by atoms with E-state index in [4.69, 9.17) is 10.2 Å². The molecule has 1 aliphatic carbocycles. The van der Waals surface area contributed by atoms with Crippen LogP contribution in [0.2, 0.25) is 0 Å². The Morgan fingerprint density at radius 3 is 3.00 bits per heavy atom. The van der Waals surface area contributed by atoms with Gasteiger partial charge >= 0.3 is 0 Å². The number of amides is 1. The van der Waals surface area contributed by atoms with Gasteiger partial charge in [0, 0.05) is 24.9 Å². The topological polar surface area (TPSA) is 68.3 Å². The van der Waals surface area contributed by atoms with Gasteiger partial charge in [-0.2, -0.15) is 0 Å². The van der Waals surface area contributed by atoms with Gasteiger partial charge in [-0.3, -0.25) is 4.79 Å². The standard InChI is InChI=1S/C13H20N2O2/c14-11-5-1-2-6-12(11)15-13(16)8-7-10-4-3-9-17-10/h3-4,9,11-12H,1-2,5-8,14H2,(H,15,16). The molecule has 3 N–H and O–H groups in total. The monoisotopic (exact) mass is 236 g/mol. The second-order valence-corrected chi connectivity index (χ2v) is 4.70. The van der Waals surface area contributed by atoms with Crippen LogP contribution in [0, 0.1) is 0 Å². The Morgan fingerprint density at radius 1 is 1.47 bits per heavy atom. The maximum absolute atomic E-state index is 11.7. The van der Waals surface area contributed by atoms with Crippen LogP contribution in [-0.4, -0.2) is 18.0 Å². The zero-order valence-electron chi connectivity index (χ0n) is 10.0. The second-order valence-electron chi connectivity index (χ2n) is 4.70. The molecule has 1 amide bonds. The van der Waals surface area contributed by atoms with E-state index < -0.39 is 0 Å². The van der Waals surface area contributed by atoms with Gasteiger partial charge in [0.25, 0.3) is 0 Å². The average Bonchev–Trinajstić information content (AvgIpc) is 2.82. The summed E-state index contributed by atoms with van der Waals surface area (Å²) in [5.41, 5.74) is 5.98. The Balaban J connectivity index is 1.73. The third kappa shape index (κ3) is 3.60. The van der Waals surface area contributed by atoms with Crippen molar-refractivity contribution in [1.29, 1.82) is 0 Å². The number of aryl methyl sites for hydroxylation is 1. The highest BCUT2D eigenvalue weighted by Gasteiger charge is 2.22. The van der Waals surface area contributed by atoms with E-state index in [1.807, 2.05) is 12.1 Å². The molecule has 1 heterocycles. The summed E-state index contributed by atoms with van der Waals surface area (Å²) in [4.78, 5) is 11.7. The maximum Gasteiger partial charge on any atom is 0.220 e. The third-order valence-electron chi connectivity index (χ3n) is 3.34. The van der Waals surface area contributed by atoms with Crippen LogP contribution in [0.15, 0.2) is 22.8 Å². The molecule has 1 aromatic heterocycles. The van der Waals surface area contributed by atoms with E-state index in [0.29, 0.717) is 12.8 Å². The van der Waals surface area contributed by atoms with Crippen molar-refractivity contribution >= 4 is 5.91 Å². The first kappa shape index (κ1) is 12.2. The number of carbonyl (C=O) groups excluding carboxylic acids is 1. The number of nitrogens with two attached hydrogens (primary N) is 1. The van der Waals surface area contributed by atoms with Gasteiger partial charge in [-0.1, -0.05) is 12.8 Å². The van der Waals surface area contributed by atoms with Crippen LogP contribution in [-0.2, 0) is 11.2 Å². The zero-order valence-corrected chi connectivity index (χ0v) is 10.0. The molecule has 0 aromatic carbocycles. The smallest absolute Gasteiger partial charge is 0.220 e. The van der Waals surface area contributed by atoms with Gasteiger partial charge in [0.2, 0.25) is 5.91 Å². The van der Waals surface area contributed by atoms with Crippen LogP contribution in [0.3, 0.4) is 0 Å². The molecule has 1 saturated carbocycles. The number of carbonyl (C=O) groups is 1. The second kappa shape index (κ2) is 5.87. The minimum absolute atomic E-state index is 0.0729. The van der Waals surface area contributed by atoms with E-state index in [2.05, 4.69) is 5.32 Å². The molecule has 2 atom stereocenters. The third-order valence-corrected chi connectivity index (χ3v) is 3.34. The highest BCUT2D eigenvalue weighted by atomic mass is 16.3. The number of furan rings is 1. The molecule has 94 valence electrons. The van der Waals surface area contributed by atoms with Gasteiger partial charge in [0.05, 0.1) is 6.26 Å². The number of hydrogen-bond acceptors (Lipinski definition) is 3. The fourth-order valence-electron chi connectivity index (χ4n) is 2.31. The van der Waals surface area contributed by atoms with E-state index in [-0.39, 0.29) is 18.0 Å². The molecule has 1 fully saturated rings. The summed E-state index contributed by atoms with van der Waals surface area (Å²) in [6.07, 6.45) is 7.12. The van der Waals surface area contributed by atoms with Crippen LogP contribution in [0.1, 0.15) is 37.9 Å². The van der Waals surface area contributed by atoms with Crippen molar-refractivity contribution in [3.05, 3.63) is 24.2 Å². The Bertz CT molecular complexity index is 348. The van der Waals surface area contributed by atoms with Gasteiger partial charge in [0.1, 0.15) is 5.76 Å². The Labute approximate surface area is 102 Å². The molecular weight excluding hydrogens is 216 g/mol. The van der Waals surface area contributed by atoms with E-state index in [1.54, 1.807) is 6.26 Å². The Hall–Kier alpha value is -1.29. The lowest BCUT2D eigenvalue weighted by Crippen LogP contribution is -2.49. The summed E-state index contributed by atoms with van der Waals surface area (Å²) in [6.45, 7) is 0. The van der Waals surface area contributed by atoms with Gasteiger partial charge < -0.3 is 15.5 Å². The van der Waals surface area contributed by atoms with Crippen molar-refractivity contribution in [3.8, 4) is 0 Å². The van der Waals surface area contributed by atoms with E-state index in [9.17, 15) is 4.79 Å². The predicted octanol–water partition coefficient (Wildman–Crippen LogP) is 1.60. The normalized spacial score (nSPS) is 24.5. The fourth-order valence-corrected chi connectivity index (χ4v) is 2.31. The largest absolute Gasteiger partial charge is 0.469 e. The number of nitrogens with one attached hydrogen (secondary N) is 1. The Morgan fingerprint density at radius 2 is 2.29 bits per heavy atom. The molecule has 0 spiro atoms. The summed E-state index contributed by atoms with van der Waals surface area (Å²) in [6, 6.07) is 4.01. The molecule has 4 nitrogen and oxygen atoms in total. The summed E-state index contributed by atoms with van der Waals surface area (Å²) in [5.74, 6) is 0.928. The van der Waals surface area contributed by atoms with Crippen molar-refractivity contribution in [2.75, 3.05) is 0 Å². The number of hydrogen-bond donors (Lipinski definition) is 2. The van der Waals surface area contributed by atoms with E-state index in [0.717, 1.165) is 25.0 Å². The lowest BCUT2D eigenvalue weighted by molar-refractivity contribution is -0.122. The summed E-state index contributed by atoms with van der Waals surface area (Å²) in [5, 5.41) is 3.03. The highest BCUT2D eigenvalue weighted by molar-refractivity contribution is 5.76. The van der Waals surface area contributed by atoms with Crippen molar-refractivity contribution in [3.63, 3.8) is 0 Å². The van der Waals surface area contributed by atoms with Crippen molar-refractivity contribution in [1.82, 2.24) is 5.32 Å². The molecule has 0 radical (unpaired) electrons. The van der Waals surface area contributed by atoms with Gasteiger partial charge in [-0.05, 0) is 25.0 Å². The first-order chi connectivity index (χ1) is 8.25. The van der Waals surface area contributed by atoms with E-state index >= 15 is 0 Å². The first-order valence-corrected chi connectivity index (χ1v) is 6.33. The first-order valence-electron chi connectivity index (χ1n) is 6.33. The summed E-state index contributed by atoms with van der Waals surface area (Å²) < 4.78 is 5.19. The van der Waals surface area contributed by atoms with E-state index in [1.165, 1.54) is 6.42 Å². The van der Waals surface area contributed by atoms with Crippen LogP contribution >= 0.6 is 0 Å². The predicted molar refractivity (Wildman–Crippen MR) is 65.4 cm³/mol. The molecular formula is C13H20N2O2. The van der Waals surface area contributed by atoms with Gasteiger partial charge in [-0.25, -0.2) is 0 Å². The fraction of sp³-hybridized carbons (Fsp3) is 0.615. The van der Waals surface area contributed by atoms with Crippen LogP contribution in [0.25, 0.3) is 0 Å². The molecule has 2 unspecified atom stereocenters. The highest BCUT2D eigenvalue weighted by Crippen LogP contribution is 2.17. The van der Waals surface area contributed by atoms with Crippen LogP contribution < -0.4 is 11.1 Å². The quantitative estimate of drug-likeness (QED) is 0.834. The molecule has 1 aliphatic rings.